The number of benzene rings is 2. The van der Waals surface area contributed by atoms with Gasteiger partial charge in [-0.1, -0.05) is 41.4 Å². The fraction of sp³-hybridized carbons (Fsp3) is 0.316. The van der Waals surface area contributed by atoms with E-state index in [9.17, 15) is 13.2 Å². The highest BCUT2D eigenvalue weighted by molar-refractivity contribution is 7.88. The quantitative estimate of drug-likeness (QED) is 0.788. The predicted molar refractivity (Wildman–Crippen MR) is 109 cm³/mol. The highest BCUT2D eigenvalue weighted by Gasteiger charge is 2.24. The molecule has 0 radical (unpaired) electrons. The predicted octanol–water partition coefficient (Wildman–Crippen LogP) is 3.88. The maximum Gasteiger partial charge on any atom is 0.224 e. The van der Waals surface area contributed by atoms with Gasteiger partial charge in [0.15, 0.2) is 0 Å². The molecule has 144 valence electrons. The SMILES string of the molecule is CS(=O)(=O)N1CCc2c(cccc2NC(=O)CCc2ccc(Cl)cc2Cl)C1. The van der Waals surface area contributed by atoms with Gasteiger partial charge in [0.1, 0.15) is 0 Å². The van der Waals surface area contributed by atoms with Crippen LogP contribution in [0.5, 0.6) is 0 Å². The number of sulfonamides is 1. The molecule has 5 nitrogen and oxygen atoms in total. The molecular weight excluding hydrogens is 407 g/mol. The lowest BCUT2D eigenvalue weighted by Gasteiger charge is -2.28. The van der Waals surface area contributed by atoms with E-state index in [4.69, 9.17) is 23.2 Å². The monoisotopic (exact) mass is 426 g/mol. The van der Waals surface area contributed by atoms with Gasteiger partial charge in [0.05, 0.1) is 6.26 Å². The van der Waals surface area contributed by atoms with E-state index < -0.39 is 10.0 Å². The van der Waals surface area contributed by atoms with Crippen LogP contribution in [-0.4, -0.2) is 31.4 Å². The van der Waals surface area contributed by atoms with Crippen molar-refractivity contribution in [2.24, 2.45) is 0 Å². The van der Waals surface area contributed by atoms with Crippen molar-refractivity contribution in [3.05, 3.63) is 63.1 Å². The number of hydrogen-bond acceptors (Lipinski definition) is 3. The van der Waals surface area contributed by atoms with Crippen LogP contribution in [0, 0.1) is 0 Å². The highest BCUT2D eigenvalue weighted by atomic mass is 35.5. The summed E-state index contributed by atoms with van der Waals surface area (Å²) in [5.74, 6) is -0.111. The summed E-state index contributed by atoms with van der Waals surface area (Å²) in [6.45, 7) is 0.747. The van der Waals surface area contributed by atoms with Crippen LogP contribution in [0.25, 0.3) is 0 Å². The molecule has 1 aliphatic heterocycles. The van der Waals surface area contributed by atoms with Crippen molar-refractivity contribution in [3.63, 3.8) is 0 Å². The van der Waals surface area contributed by atoms with E-state index in [0.717, 1.165) is 22.4 Å². The van der Waals surface area contributed by atoms with Crippen molar-refractivity contribution in [2.45, 2.75) is 25.8 Å². The molecule has 8 heteroatoms. The Kier molecular flexibility index (Phi) is 6.11. The van der Waals surface area contributed by atoms with Crippen molar-refractivity contribution in [2.75, 3.05) is 18.1 Å². The third kappa shape index (κ3) is 5.02. The van der Waals surface area contributed by atoms with E-state index in [2.05, 4.69) is 5.32 Å². The Hall–Kier alpha value is -1.60. The van der Waals surface area contributed by atoms with E-state index in [-0.39, 0.29) is 5.91 Å². The maximum atomic E-state index is 12.4. The molecule has 0 unspecified atom stereocenters. The van der Waals surface area contributed by atoms with E-state index in [1.807, 2.05) is 24.3 Å². The summed E-state index contributed by atoms with van der Waals surface area (Å²) >= 11 is 12.0. The average Bonchev–Trinajstić information content (AvgIpc) is 2.60. The molecule has 1 amide bonds. The number of amides is 1. The summed E-state index contributed by atoms with van der Waals surface area (Å²) in [5.41, 5.74) is 3.53. The van der Waals surface area contributed by atoms with Gasteiger partial charge in [0.2, 0.25) is 15.9 Å². The van der Waals surface area contributed by atoms with Crippen molar-refractivity contribution in [1.29, 1.82) is 0 Å². The molecule has 27 heavy (non-hydrogen) atoms. The molecule has 0 bridgehead atoms. The van der Waals surface area contributed by atoms with Gasteiger partial charge in [-0.2, -0.15) is 4.31 Å². The Morgan fingerprint density at radius 3 is 2.70 bits per heavy atom. The van der Waals surface area contributed by atoms with Gasteiger partial charge < -0.3 is 5.32 Å². The summed E-state index contributed by atoms with van der Waals surface area (Å²) in [7, 11) is -3.23. The molecular formula is C19H20Cl2N2O3S. The van der Waals surface area contributed by atoms with Crippen LogP contribution in [0.15, 0.2) is 36.4 Å². The molecule has 0 aromatic heterocycles. The number of nitrogens with one attached hydrogen (secondary N) is 1. The average molecular weight is 427 g/mol. The van der Waals surface area contributed by atoms with Gasteiger partial charge in [-0.05, 0) is 47.7 Å². The number of fused-ring (bicyclic) bond motifs is 1. The zero-order valence-electron chi connectivity index (χ0n) is 14.8. The van der Waals surface area contributed by atoms with E-state index in [1.165, 1.54) is 10.6 Å². The standard InChI is InChI=1S/C19H20Cl2N2O3S/c1-27(25,26)23-10-9-16-14(12-23)3-2-4-18(16)22-19(24)8-6-13-5-7-15(20)11-17(13)21/h2-5,7,11H,6,8-10,12H2,1H3,(H,22,24). The number of anilines is 1. The molecule has 1 aliphatic rings. The van der Waals surface area contributed by atoms with Crippen LogP contribution in [0.3, 0.4) is 0 Å². The van der Waals surface area contributed by atoms with Gasteiger partial charge in [-0.3, -0.25) is 4.79 Å². The Labute approximate surface area is 169 Å². The molecule has 2 aromatic carbocycles. The van der Waals surface area contributed by atoms with Crippen LogP contribution in [-0.2, 0) is 34.2 Å². The van der Waals surface area contributed by atoms with Crippen molar-refractivity contribution in [1.82, 2.24) is 4.31 Å². The van der Waals surface area contributed by atoms with E-state index in [1.54, 1.807) is 12.1 Å². The van der Waals surface area contributed by atoms with Crippen LogP contribution in [0.1, 0.15) is 23.1 Å². The molecule has 3 rings (SSSR count). The molecule has 0 atom stereocenters. The molecule has 0 spiro atoms. The minimum absolute atomic E-state index is 0.111. The summed E-state index contributed by atoms with van der Waals surface area (Å²) < 4.78 is 25.0. The lowest BCUT2D eigenvalue weighted by atomic mass is 9.99. The zero-order chi connectivity index (χ0) is 19.6. The first-order valence-electron chi connectivity index (χ1n) is 8.53. The fourth-order valence-corrected chi connectivity index (χ4v) is 4.47. The topological polar surface area (TPSA) is 66.5 Å². The number of aryl methyl sites for hydroxylation is 1. The Morgan fingerprint density at radius 1 is 1.22 bits per heavy atom. The van der Waals surface area contributed by atoms with Crippen molar-refractivity contribution >= 4 is 44.8 Å². The van der Waals surface area contributed by atoms with Crippen molar-refractivity contribution < 1.29 is 13.2 Å². The first-order chi connectivity index (χ1) is 12.7. The molecule has 0 fully saturated rings. The summed E-state index contributed by atoms with van der Waals surface area (Å²) in [4.78, 5) is 12.4. The lowest BCUT2D eigenvalue weighted by Crippen LogP contribution is -2.35. The van der Waals surface area contributed by atoms with E-state index >= 15 is 0 Å². The molecule has 1 N–H and O–H groups in total. The number of rotatable bonds is 5. The van der Waals surface area contributed by atoms with Crippen LogP contribution in [0.2, 0.25) is 10.0 Å². The number of hydrogen-bond donors (Lipinski definition) is 1. The number of carbonyl (C=O) groups excluding carboxylic acids is 1. The maximum absolute atomic E-state index is 12.4. The third-order valence-electron chi connectivity index (χ3n) is 4.61. The minimum Gasteiger partial charge on any atom is -0.326 e. The van der Waals surface area contributed by atoms with Crippen LogP contribution < -0.4 is 5.32 Å². The smallest absolute Gasteiger partial charge is 0.224 e. The van der Waals surface area contributed by atoms with Gasteiger partial charge >= 0.3 is 0 Å². The summed E-state index contributed by atoms with van der Waals surface area (Å²) in [5, 5.41) is 4.06. The summed E-state index contributed by atoms with van der Waals surface area (Å²) in [6.07, 6.45) is 2.59. The molecule has 0 saturated heterocycles. The Morgan fingerprint density at radius 2 is 2.00 bits per heavy atom. The normalized spacial score (nSPS) is 14.6. The van der Waals surface area contributed by atoms with E-state index in [0.29, 0.717) is 42.4 Å². The number of nitrogens with zero attached hydrogens (tertiary/aromatic N) is 1. The van der Waals surface area contributed by atoms with Gasteiger partial charge in [-0.15, -0.1) is 0 Å². The molecule has 0 aliphatic carbocycles. The zero-order valence-corrected chi connectivity index (χ0v) is 17.2. The number of carbonyl (C=O) groups is 1. The number of halogens is 2. The lowest BCUT2D eigenvalue weighted by molar-refractivity contribution is -0.116. The first kappa shape index (κ1) is 20.1. The van der Waals surface area contributed by atoms with Gasteiger partial charge in [-0.25, -0.2) is 8.42 Å². The molecule has 1 heterocycles. The van der Waals surface area contributed by atoms with Crippen LogP contribution in [0.4, 0.5) is 5.69 Å². The molecule has 2 aromatic rings. The van der Waals surface area contributed by atoms with Gasteiger partial charge in [0.25, 0.3) is 0 Å². The second kappa shape index (κ2) is 8.19. The Balaban J connectivity index is 1.67. The third-order valence-corrected chi connectivity index (χ3v) is 6.45. The largest absolute Gasteiger partial charge is 0.326 e. The second-order valence-electron chi connectivity index (χ2n) is 6.57. The van der Waals surface area contributed by atoms with Crippen LogP contribution >= 0.6 is 23.2 Å². The van der Waals surface area contributed by atoms with Gasteiger partial charge in [0, 0.05) is 35.2 Å². The molecule has 0 saturated carbocycles. The highest BCUT2D eigenvalue weighted by Crippen LogP contribution is 2.28. The fourth-order valence-electron chi connectivity index (χ4n) is 3.17. The minimum atomic E-state index is -3.23. The summed E-state index contributed by atoms with van der Waals surface area (Å²) in [6, 6.07) is 10.8. The second-order valence-corrected chi connectivity index (χ2v) is 9.40. The Bertz CT molecular complexity index is 977. The first-order valence-corrected chi connectivity index (χ1v) is 11.1. The van der Waals surface area contributed by atoms with Crippen molar-refractivity contribution in [3.8, 4) is 0 Å².